The normalized spacial score (nSPS) is 16.2. The van der Waals surface area contributed by atoms with Crippen LogP contribution in [0.15, 0.2) is 46.4 Å². The first-order valence-corrected chi connectivity index (χ1v) is 11.5. The smallest absolute Gasteiger partial charge is 0.213 e. The molecule has 1 saturated heterocycles. The van der Waals surface area contributed by atoms with Crippen LogP contribution in [0.4, 0.5) is 5.69 Å². The van der Waals surface area contributed by atoms with Crippen LogP contribution in [0.25, 0.3) is 0 Å². The number of nitriles is 1. The quantitative estimate of drug-likeness (QED) is 0.499. The number of rotatable bonds is 7. The molecule has 1 fully saturated rings. The Morgan fingerprint density at radius 1 is 1.21 bits per heavy atom. The molecule has 0 radical (unpaired) electrons. The topological polar surface area (TPSA) is 92.4 Å². The van der Waals surface area contributed by atoms with E-state index >= 15 is 0 Å². The Kier molecular flexibility index (Phi) is 10.5. The Morgan fingerprint density at radius 3 is 2.24 bits per heavy atom. The van der Waals surface area contributed by atoms with Gasteiger partial charge in [-0.15, -0.1) is 0 Å². The summed E-state index contributed by atoms with van der Waals surface area (Å²) in [6, 6.07) is 9.27. The fourth-order valence-corrected chi connectivity index (χ4v) is 3.98. The molecule has 0 saturated carbocycles. The molecule has 29 heavy (non-hydrogen) atoms. The molecule has 0 aliphatic carbocycles. The Labute approximate surface area is 175 Å². The molecular weight excluding hydrogens is 388 g/mol. The minimum atomic E-state index is -3.13. The predicted molar refractivity (Wildman–Crippen MR) is 117 cm³/mol. The summed E-state index contributed by atoms with van der Waals surface area (Å²) in [5.41, 5.74) is 2.35. The molecular formula is C20H32N6O2S. The fourth-order valence-electron chi connectivity index (χ4n) is 2.90. The predicted octanol–water partition coefficient (Wildman–Crippen LogP) is 3.26. The van der Waals surface area contributed by atoms with Gasteiger partial charge >= 0.3 is 0 Å². The lowest BCUT2D eigenvalue weighted by Gasteiger charge is -2.35. The van der Waals surface area contributed by atoms with Crippen molar-refractivity contribution in [1.82, 2.24) is 9.21 Å². The summed E-state index contributed by atoms with van der Waals surface area (Å²) in [7, 11) is -1.52. The average molecular weight is 421 g/mol. The SMILES string of the molecule is C/C=C(/CN1CCN(S(=O)(=O)CC)CC1)N(N=NC)c1ccc(C#N)cc1.CC. The average Bonchev–Trinajstić information content (AvgIpc) is 2.78. The third-order valence-corrected chi connectivity index (χ3v) is 6.38. The summed E-state index contributed by atoms with van der Waals surface area (Å²) in [6.45, 7) is 10.6. The number of anilines is 1. The van der Waals surface area contributed by atoms with Crippen molar-refractivity contribution in [2.45, 2.75) is 27.7 Å². The molecule has 0 spiro atoms. The number of sulfonamides is 1. The molecule has 0 amide bonds. The third-order valence-electron chi connectivity index (χ3n) is 4.50. The van der Waals surface area contributed by atoms with Gasteiger partial charge in [0, 0.05) is 32.7 Å². The van der Waals surface area contributed by atoms with Crippen molar-refractivity contribution >= 4 is 15.7 Å². The van der Waals surface area contributed by atoms with Gasteiger partial charge in [0.2, 0.25) is 10.0 Å². The van der Waals surface area contributed by atoms with E-state index in [4.69, 9.17) is 5.26 Å². The third kappa shape index (κ3) is 6.92. The molecule has 0 N–H and O–H groups in total. The monoisotopic (exact) mass is 420 g/mol. The molecule has 1 heterocycles. The number of benzene rings is 1. The van der Waals surface area contributed by atoms with Gasteiger partial charge in [0.05, 0.1) is 35.8 Å². The molecule has 1 aromatic rings. The maximum atomic E-state index is 12.0. The maximum Gasteiger partial charge on any atom is 0.213 e. The Hall–Kier alpha value is -2.28. The summed E-state index contributed by atoms with van der Waals surface area (Å²) < 4.78 is 25.6. The summed E-state index contributed by atoms with van der Waals surface area (Å²) in [4.78, 5) is 2.21. The second kappa shape index (κ2) is 12.3. The second-order valence-corrected chi connectivity index (χ2v) is 8.37. The zero-order chi connectivity index (χ0) is 21.9. The van der Waals surface area contributed by atoms with E-state index in [2.05, 4.69) is 21.3 Å². The molecule has 0 atom stereocenters. The lowest BCUT2D eigenvalue weighted by molar-refractivity contribution is 0.200. The lowest BCUT2D eigenvalue weighted by Crippen LogP contribution is -2.50. The van der Waals surface area contributed by atoms with Gasteiger partial charge in [0.1, 0.15) is 0 Å². The van der Waals surface area contributed by atoms with Crippen LogP contribution in [0.5, 0.6) is 0 Å². The van der Waals surface area contributed by atoms with E-state index < -0.39 is 10.0 Å². The van der Waals surface area contributed by atoms with Crippen LogP contribution in [0, 0.1) is 11.3 Å². The fraction of sp³-hybridized carbons (Fsp3) is 0.550. The highest BCUT2D eigenvalue weighted by molar-refractivity contribution is 7.89. The van der Waals surface area contributed by atoms with E-state index in [1.807, 2.05) is 39.0 Å². The maximum absolute atomic E-state index is 12.0. The molecule has 1 aromatic carbocycles. The first kappa shape index (κ1) is 24.8. The van der Waals surface area contributed by atoms with E-state index in [9.17, 15) is 8.42 Å². The Morgan fingerprint density at radius 2 is 1.79 bits per heavy atom. The van der Waals surface area contributed by atoms with Crippen LogP contribution in [-0.4, -0.2) is 63.1 Å². The number of piperazine rings is 1. The molecule has 160 valence electrons. The molecule has 1 aliphatic heterocycles. The van der Waals surface area contributed by atoms with Crippen molar-refractivity contribution in [2.75, 3.05) is 50.5 Å². The highest BCUT2D eigenvalue weighted by Crippen LogP contribution is 2.22. The van der Waals surface area contributed by atoms with Crippen molar-refractivity contribution in [2.24, 2.45) is 10.3 Å². The largest absolute Gasteiger partial charge is 0.295 e. The summed E-state index contributed by atoms with van der Waals surface area (Å²) in [6.07, 6.45) is 1.97. The van der Waals surface area contributed by atoms with E-state index in [0.717, 1.165) is 11.4 Å². The van der Waals surface area contributed by atoms with Gasteiger partial charge in [-0.2, -0.15) is 14.7 Å². The molecule has 8 nitrogen and oxygen atoms in total. The lowest BCUT2D eigenvalue weighted by atomic mass is 10.2. The standard InChI is InChI=1S/C18H26N6O2S.C2H6/c1-4-17(15-22-10-12-23(13-11-22)27(25,26)5-2)24(21-20-3)18-8-6-16(14-19)7-9-18;1-2/h4,6-9H,5,10-13,15H2,1-3H3;1-2H3/b17-4-,21-20?;. The van der Waals surface area contributed by atoms with Crippen LogP contribution in [0.3, 0.4) is 0 Å². The van der Waals surface area contributed by atoms with Crippen LogP contribution in [0.1, 0.15) is 33.3 Å². The minimum Gasteiger partial charge on any atom is -0.295 e. The number of hydrogen-bond donors (Lipinski definition) is 0. The van der Waals surface area contributed by atoms with Crippen LogP contribution in [-0.2, 0) is 10.0 Å². The molecule has 1 aliphatic rings. The number of nitrogens with zero attached hydrogens (tertiary/aromatic N) is 6. The molecule has 0 aromatic heterocycles. The van der Waals surface area contributed by atoms with Crippen LogP contribution < -0.4 is 5.01 Å². The first-order chi connectivity index (χ1) is 13.9. The Balaban J connectivity index is 0.00000204. The summed E-state index contributed by atoms with van der Waals surface area (Å²) in [5.74, 6) is 0.135. The second-order valence-electron chi connectivity index (χ2n) is 6.12. The zero-order valence-electron chi connectivity index (χ0n) is 18.0. The molecule has 0 bridgehead atoms. The van der Waals surface area contributed by atoms with Crippen molar-refractivity contribution in [3.05, 3.63) is 41.6 Å². The van der Waals surface area contributed by atoms with Crippen molar-refractivity contribution < 1.29 is 8.42 Å². The van der Waals surface area contributed by atoms with E-state index in [1.54, 1.807) is 35.4 Å². The van der Waals surface area contributed by atoms with Crippen molar-refractivity contribution in [3.8, 4) is 6.07 Å². The van der Waals surface area contributed by atoms with Gasteiger partial charge in [-0.25, -0.2) is 13.4 Å². The van der Waals surface area contributed by atoms with E-state index in [-0.39, 0.29) is 5.75 Å². The highest BCUT2D eigenvalue weighted by atomic mass is 32.2. The van der Waals surface area contributed by atoms with E-state index in [0.29, 0.717) is 38.3 Å². The van der Waals surface area contributed by atoms with Crippen molar-refractivity contribution in [1.29, 1.82) is 5.26 Å². The number of hydrogen-bond acceptors (Lipinski definition) is 6. The van der Waals surface area contributed by atoms with Gasteiger partial charge in [0.15, 0.2) is 0 Å². The van der Waals surface area contributed by atoms with Crippen LogP contribution in [0.2, 0.25) is 0 Å². The highest BCUT2D eigenvalue weighted by Gasteiger charge is 2.26. The molecule has 0 unspecified atom stereocenters. The van der Waals surface area contributed by atoms with Crippen LogP contribution >= 0.6 is 0 Å². The van der Waals surface area contributed by atoms with E-state index in [1.165, 1.54) is 0 Å². The van der Waals surface area contributed by atoms with Gasteiger partial charge in [-0.05, 0) is 38.1 Å². The molecule has 2 rings (SSSR count). The zero-order valence-corrected chi connectivity index (χ0v) is 18.9. The van der Waals surface area contributed by atoms with Gasteiger partial charge in [-0.1, -0.05) is 25.1 Å². The summed E-state index contributed by atoms with van der Waals surface area (Å²) in [5, 5.41) is 18.9. The van der Waals surface area contributed by atoms with Gasteiger partial charge < -0.3 is 0 Å². The summed E-state index contributed by atoms with van der Waals surface area (Å²) >= 11 is 0. The Bertz CT molecular complexity index is 820. The first-order valence-electron chi connectivity index (χ1n) is 9.90. The van der Waals surface area contributed by atoms with Gasteiger partial charge in [-0.3, -0.25) is 4.90 Å². The van der Waals surface area contributed by atoms with Gasteiger partial charge in [0.25, 0.3) is 0 Å². The number of allylic oxidation sites excluding steroid dienone is 1. The molecule has 9 heteroatoms. The van der Waals surface area contributed by atoms with Crippen molar-refractivity contribution in [3.63, 3.8) is 0 Å². The minimum absolute atomic E-state index is 0.135.